The summed E-state index contributed by atoms with van der Waals surface area (Å²) in [6, 6.07) is 6.44. The van der Waals surface area contributed by atoms with E-state index < -0.39 is 23.3 Å². The fraction of sp³-hybridized carbons (Fsp3) is 0.429. The highest BCUT2D eigenvalue weighted by Crippen LogP contribution is 2.33. The third kappa shape index (κ3) is 6.27. The molecule has 0 fully saturated rings. The maximum Gasteiger partial charge on any atom is 0.200 e. The molecule has 0 spiro atoms. The largest absolute Gasteiger partial charge is 0.490 e. The van der Waals surface area contributed by atoms with Gasteiger partial charge in [-0.15, -0.1) is 0 Å². The van der Waals surface area contributed by atoms with Crippen molar-refractivity contribution in [3.63, 3.8) is 0 Å². The summed E-state index contributed by atoms with van der Waals surface area (Å²) in [6.45, 7) is 4.19. The van der Waals surface area contributed by atoms with Gasteiger partial charge in [-0.2, -0.15) is 4.39 Å². The van der Waals surface area contributed by atoms with Gasteiger partial charge in [0.15, 0.2) is 23.2 Å². The average Bonchev–Trinajstić information content (AvgIpc) is 2.82. The zero-order chi connectivity index (χ0) is 23.8. The molecular formula is C28H32F4O. The van der Waals surface area contributed by atoms with Crippen molar-refractivity contribution in [3.8, 4) is 5.75 Å². The average molecular weight is 461 g/mol. The topological polar surface area (TPSA) is 9.23 Å². The molecule has 0 aromatic heterocycles. The summed E-state index contributed by atoms with van der Waals surface area (Å²) in [5.74, 6) is -3.00. The molecule has 5 heteroatoms. The van der Waals surface area contributed by atoms with Crippen molar-refractivity contribution >= 4 is 5.57 Å². The molecule has 1 aliphatic rings. The van der Waals surface area contributed by atoms with E-state index in [0.29, 0.717) is 54.9 Å². The first-order valence-corrected chi connectivity index (χ1v) is 11.9. The van der Waals surface area contributed by atoms with Crippen LogP contribution in [0.3, 0.4) is 0 Å². The maximum absolute atomic E-state index is 14.5. The van der Waals surface area contributed by atoms with Gasteiger partial charge in [-0.25, -0.2) is 13.2 Å². The van der Waals surface area contributed by atoms with Gasteiger partial charge in [-0.05, 0) is 73.6 Å². The van der Waals surface area contributed by atoms with Crippen LogP contribution in [0.25, 0.3) is 5.57 Å². The lowest BCUT2D eigenvalue weighted by Crippen LogP contribution is -2.06. The number of ether oxygens (including phenoxy) is 1. The Morgan fingerprint density at radius 2 is 1.61 bits per heavy atom. The number of benzene rings is 2. The molecule has 0 saturated carbocycles. The van der Waals surface area contributed by atoms with Gasteiger partial charge in [0.05, 0.1) is 6.61 Å². The minimum absolute atomic E-state index is 0.0465. The first kappa shape index (κ1) is 25.1. The summed E-state index contributed by atoms with van der Waals surface area (Å²) in [5, 5.41) is 0. The lowest BCUT2D eigenvalue weighted by Gasteiger charge is -2.20. The van der Waals surface area contributed by atoms with Crippen LogP contribution in [0.2, 0.25) is 0 Å². The zero-order valence-corrected chi connectivity index (χ0v) is 19.4. The Morgan fingerprint density at radius 1 is 0.879 bits per heavy atom. The van der Waals surface area contributed by atoms with Gasteiger partial charge in [0.1, 0.15) is 0 Å². The van der Waals surface area contributed by atoms with Crippen LogP contribution < -0.4 is 4.74 Å². The standard InChI is InChI=1S/C28H32F4O/c1-3-7-21-14-16-23(27(31)25(21)29)20-12-10-19(11-13-20)8-5-6-9-22-15-17-24(33-18-4-2)28(32)26(22)30/h5,8,12,14-17,19H,3-4,6-7,9-11,13,18H2,1-2H3/b8-5+. The number of hydrogen-bond acceptors (Lipinski definition) is 1. The van der Waals surface area contributed by atoms with Crippen LogP contribution in [0.1, 0.15) is 69.1 Å². The van der Waals surface area contributed by atoms with E-state index in [1.165, 1.54) is 6.07 Å². The SMILES string of the molecule is CCCOc1ccc(CC/C=C/C2CC=C(c3ccc(CCC)c(F)c3F)CC2)c(F)c1F. The molecule has 0 N–H and O–H groups in total. The second-order valence-corrected chi connectivity index (χ2v) is 8.58. The normalized spacial score (nSPS) is 16.3. The Bertz CT molecular complexity index is 1010. The molecule has 0 aliphatic heterocycles. The van der Waals surface area contributed by atoms with Crippen molar-refractivity contribution in [3.05, 3.63) is 82.5 Å². The van der Waals surface area contributed by atoms with Gasteiger partial charge >= 0.3 is 0 Å². The van der Waals surface area contributed by atoms with Crippen LogP contribution in [-0.2, 0) is 12.8 Å². The van der Waals surface area contributed by atoms with Gasteiger partial charge in [0.2, 0.25) is 5.82 Å². The first-order valence-electron chi connectivity index (χ1n) is 11.9. The second kappa shape index (κ2) is 12.1. The third-order valence-electron chi connectivity index (χ3n) is 6.06. The summed E-state index contributed by atoms with van der Waals surface area (Å²) in [7, 11) is 0. The van der Waals surface area contributed by atoms with Crippen molar-refractivity contribution in [2.24, 2.45) is 5.92 Å². The molecule has 0 heterocycles. The minimum atomic E-state index is -0.929. The molecule has 1 unspecified atom stereocenters. The predicted octanol–water partition coefficient (Wildman–Crippen LogP) is 8.36. The van der Waals surface area contributed by atoms with Crippen molar-refractivity contribution < 1.29 is 22.3 Å². The molecule has 2 aromatic carbocycles. The van der Waals surface area contributed by atoms with Gasteiger partial charge in [0.25, 0.3) is 0 Å². The van der Waals surface area contributed by atoms with Gasteiger partial charge in [0, 0.05) is 5.56 Å². The summed E-state index contributed by atoms with van der Waals surface area (Å²) in [5.41, 5.74) is 1.96. The van der Waals surface area contributed by atoms with Crippen molar-refractivity contribution in [2.45, 2.75) is 65.2 Å². The summed E-state index contributed by atoms with van der Waals surface area (Å²) < 4.78 is 62.4. The Morgan fingerprint density at radius 3 is 2.30 bits per heavy atom. The summed E-state index contributed by atoms with van der Waals surface area (Å²) in [6.07, 6.45) is 11.3. The highest BCUT2D eigenvalue weighted by Gasteiger charge is 2.19. The quantitative estimate of drug-likeness (QED) is 0.256. The molecule has 33 heavy (non-hydrogen) atoms. The van der Waals surface area contributed by atoms with Gasteiger partial charge in [-0.3, -0.25) is 0 Å². The molecule has 0 amide bonds. The predicted molar refractivity (Wildman–Crippen MR) is 125 cm³/mol. The molecule has 0 radical (unpaired) electrons. The van der Waals surface area contributed by atoms with E-state index in [-0.39, 0.29) is 5.75 Å². The first-order chi connectivity index (χ1) is 16.0. The Labute approximate surface area is 194 Å². The van der Waals surface area contributed by atoms with E-state index in [1.54, 1.807) is 18.2 Å². The lowest BCUT2D eigenvalue weighted by atomic mass is 9.85. The number of allylic oxidation sites excluding steroid dienone is 4. The second-order valence-electron chi connectivity index (χ2n) is 8.58. The molecule has 1 aliphatic carbocycles. The summed E-state index contributed by atoms with van der Waals surface area (Å²) in [4.78, 5) is 0. The highest BCUT2D eigenvalue weighted by molar-refractivity contribution is 5.67. The number of rotatable bonds is 10. The van der Waals surface area contributed by atoms with Crippen LogP contribution >= 0.6 is 0 Å². The number of hydrogen-bond donors (Lipinski definition) is 0. The molecule has 1 atom stereocenters. The van der Waals surface area contributed by atoms with Crippen LogP contribution in [-0.4, -0.2) is 6.61 Å². The number of halogens is 4. The van der Waals surface area contributed by atoms with Crippen LogP contribution in [0.5, 0.6) is 5.75 Å². The van der Waals surface area contributed by atoms with Crippen LogP contribution in [0.4, 0.5) is 17.6 Å². The molecule has 0 saturated heterocycles. The molecule has 0 bridgehead atoms. The van der Waals surface area contributed by atoms with Gasteiger partial charge in [-0.1, -0.05) is 56.7 Å². The monoisotopic (exact) mass is 460 g/mol. The fourth-order valence-electron chi connectivity index (χ4n) is 4.19. The zero-order valence-electron chi connectivity index (χ0n) is 19.4. The van der Waals surface area contributed by atoms with E-state index in [1.807, 2.05) is 26.0 Å². The lowest BCUT2D eigenvalue weighted by molar-refractivity contribution is 0.294. The smallest absolute Gasteiger partial charge is 0.200 e. The molecular weight excluding hydrogens is 428 g/mol. The van der Waals surface area contributed by atoms with Gasteiger partial charge < -0.3 is 4.74 Å². The van der Waals surface area contributed by atoms with Crippen molar-refractivity contribution in [1.82, 2.24) is 0 Å². The Balaban J connectivity index is 1.55. The Hall–Kier alpha value is -2.56. The maximum atomic E-state index is 14.5. The minimum Gasteiger partial charge on any atom is -0.490 e. The summed E-state index contributed by atoms with van der Waals surface area (Å²) >= 11 is 0. The third-order valence-corrected chi connectivity index (χ3v) is 6.06. The van der Waals surface area contributed by atoms with E-state index in [0.717, 1.165) is 31.3 Å². The molecule has 178 valence electrons. The van der Waals surface area contributed by atoms with Crippen molar-refractivity contribution in [2.75, 3.05) is 6.61 Å². The van der Waals surface area contributed by atoms with E-state index in [2.05, 4.69) is 6.08 Å². The molecule has 1 nitrogen and oxygen atoms in total. The fourth-order valence-corrected chi connectivity index (χ4v) is 4.19. The number of aryl methyl sites for hydroxylation is 2. The molecule has 2 aromatic rings. The van der Waals surface area contributed by atoms with E-state index in [4.69, 9.17) is 4.74 Å². The molecule has 3 rings (SSSR count). The van der Waals surface area contributed by atoms with E-state index >= 15 is 0 Å². The van der Waals surface area contributed by atoms with Crippen LogP contribution in [0, 0.1) is 29.2 Å². The van der Waals surface area contributed by atoms with Crippen molar-refractivity contribution in [1.29, 1.82) is 0 Å². The Kier molecular flexibility index (Phi) is 9.16. The highest BCUT2D eigenvalue weighted by atomic mass is 19.2. The van der Waals surface area contributed by atoms with E-state index in [9.17, 15) is 17.6 Å². The van der Waals surface area contributed by atoms with Crippen LogP contribution in [0.15, 0.2) is 42.5 Å².